The Balaban J connectivity index is 2.15. The summed E-state index contributed by atoms with van der Waals surface area (Å²) in [6, 6.07) is 0. The molecule has 0 spiro atoms. The van der Waals surface area contributed by atoms with Gasteiger partial charge in [0.05, 0.1) is 4.75 Å². The van der Waals surface area contributed by atoms with E-state index < -0.39 is 11.1 Å². The van der Waals surface area contributed by atoms with Gasteiger partial charge in [0, 0.05) is 0 Å². The van der Waals surface area contributed by atoms with Crippen LogP contribution in [-0.4, -0.2) is 13.5 Å². The fraction of sp³-hybridized carbons (Fsp3) is 1.00. The molecule has 1 atom stereocenters. The smallest absolute Gasteiger partial charge is 0.159 e. The van der Waals surface area contributed by atoms with E-state index in [1.807, 2.05) is 0 Å². The van der Waals surface area contributed by atoms with Gasteiger partial charge < -0.3 is 4.55 Å². The highest BCUT2D eigenvalue weighted by atomic mass is 32.2. The average Bonchev–Trinajstić information content (AvgIpc) is 1.16. The van der Waals surface area contributed by atoms with E-state index in [4.69, 9.17) is 4.55 Å². The molecular formula is C5H8O2S. The van der Waals surface area contributed by atoms with Gasteiger partial charge in [0.15, 0.2) is 11.1 Å². The second kappa shape index (κ2) is 1.16. The van der Waals surface area contributed by atoms with Crippen molar-refractivity contribution in [1.29, 1.82) is 0 Å². The van der Waals surface area contributed by atoms with E-state index in [2.05, 4.69) is 0 Å². The molecule has 0 aromatic rings. The van der Waals surface area contributed by atoms with Crippen LogP contribution in [0.3, 0.4) is 0 Å². The molecule has 3 aliphatic rings. The van der Waals surface area contributed by atoms with Gasteiger partial charge in [-0.3, -0.25) is 0 Å². The maximum Gasteiger partial charge on any atom is 0.159 e. The van der Waals surface area contributed by atoms with E-state index in [0.717, 1.165) is 25.2 Å². The van der Waals surface area contributed by atoms with Crippen LogP contribution in [0, 0.1) is 5.92 Å². The van der Waals surface area contributed by atoms with Crippen molar-refractivity contribution in [1.82, 2.24) is 0 Å². The molecule has 1 unspecified atom stereocenters. The standard InChI is InChI=1S/C5H8O2S/c6-8(7)5-1-4(2-5)3-5/h4H,1-3H2,(H,6,7). The molecule has 0 amide bonds. The largest absolute Gasteiger partial charge is 0.306 e. The molecular weight excluding hydrogens is 124 g/mol. The molecule has 3 rings (SSSR count). The van der Waals surface area contributed by atoms with E-state index in [1.165, 1.54) is 0 Å². The molecule has 3 aliphatic carbocycles. The molecule has 2 nitrogen and oxygen atoms in total. The van der Waals surface area contributed by atoms with Crippen LogP contribution in [-0.2, 0) is 11.1 Å². The molecule has 1 N–H and O–H groups in total. The second-order valence-electron chi connectivity index (χ2n) is 2.91. The third-order valence-corrected chi connectivity index (χ3v) is 3.59. The molecule has 2 bridgehead atoms. The number of hydrogen-bond donors (Lipinski definition) is 1. The lowest BCUT2D eigenvalue weighted by Crippen LogP contribution is -2.60. The molecule has 0 aromatic heterocycles. The Hall–Kier alpha value is 0.110. The Labute approximate surface area is 50.6 Å². The molecule has 3 saturated carbocycles. The molecule has 0 heterocycles. The van der Waals surface area contributed by atoms with E-state index in [1.54, 1.807) is 0 Å². The summed E-state index contributed by atoms with van der Waals surface area (Å²) < 4.78 is 19.0. The Morgan fingerprint density at radius 1 is 1.50 bits per heavy atom. The van der Waals surface area contributed by atoms with Crippen LogP contribution in [0.25, 0.3) is 0 Å². The lowest BCUT2D eigenvalue weighted by atomic mass is 9.55. The molecule has 46 valence electrons. The van der Waals surface area contributed by atoms with Crippen molar-refractivity contribution in [3.8, 4) is 0 Å². The predicted molar refractivity (Wildman–Crippen MR) is 30.8 cm³/mol. The highest BCUT2D eigenvalue weighted by Crippen LogP contribution is 2.60. The molecule has 0 radical (unpaired) electrons. The Bertz CT molecular complexity index is 137. The van der Waals surface area contributed by atoms with Crippen LogP contribution in [0.1, 0.15) is 19.3 Å². The van der Waals surface area contributed by atoms with Crippen LogP contribution < -0.4 is 0 Å². The lowest BCUT2D eigenvalue weighted by molar-refractivity contribution is 0.0472. The Morgan fingerprint density at radius 2 is 2.00 bits per heavy atom. The zero-order valence-electron chi connectivity index (χ0n) is 4.46. The van der Waals surface area contributed by atoms with Crippen LogP contribution in [0.4, 0.5) is 0 Å². The van der Waals surface area contributed by atoms with Crippen molar-refractivity contribution in [2.24, 2.45) is 5.92 Å². The quantitative estimate of drug-likeness (QED) is 0.535. The summed E-state index contributed by atoms with van der Waals surface area (Å²) >= 11 is -1.52. The van der Waals surface area contributed by atoms with E-state index in [0.29, 0.717) is 0 Å². The maximum atomic E-state index is 10.5. The zero-order valence-corrected chi connectivity index (χ0v) is 5.28. The van der Waals surface area contributed by atoms with Gasteiger partial charge >= 0.3 is 0 Å². The SMILES string of the molecule is O=S(O)C12CC(C1)C2. The fourth-order valence-corrected chi connectivity index (χ4v) is 2.75. The normalized spacial score (nSPS) is 53.9. The minimum Gasteiger partial charge on any atom is -0.306 e. The maximum absolute atomic E-state index is 10.5. The van der Waals surface area contributed by atoms with Crippen molar-refractivity contribution in [3.05, 3.63) is 0 Å². The number of hydrogen-bond acceptors (Lipinski definition) is 1. The molecule has 0 saturated heterocycles. The van der Waals surface area contributed by atoms with E-state index >= 15 is 0 Å². The van der Waals surface area contributed by atoms with Crippen molar-refractivity contribution < 1.29 is 8.76 Å². The summed E-state index contributed by atoms with van der Waals surface area (Å²) in [6.07, 6.45) is 3.03. The van der Waals surface area contributed by atoms with Crippen LogP contribution in [0.15, 0.2) is 0 Å². The van der Waals surface area contributed by atoms with Crippen LogP contribution in [0.5, 0.6) is 0 Å². The first-order valence-electron chi connectivity index (χ1n) is 2.84. The van der Waals surface area contributed by atoms with Crippen molar-refractivity contribution in [3.63, 3.8) is 0 Å². The van der Waals surface area contributed by atoms with Gasteiger partial charge in [-0.05, 0) is 25.2 Å². The van der Waals surface area contributed by atoms with Gasteiger partial charge in [0.1, 0.15) is 0 Å². The van der Waals surface area contributed by atoms with Crippen molar-refractivity contribution >= 4 is 11.1 Å². The summed E-state index contributed by atoms with van der Waals surface area (Å²) in [7, 11) is 0. The summed E-state index contributed by atoms with van der Waals surface area (Å²) in [5, 5.41) is 0. The molecule has 0 aliphatic heterocycles. The van der Waals surface area contributed by atoms with Crippen molar-refractivity contribution in [2.45, 2.75) is 24.0 Å². The molecule has 3 heteroatoms. The van der Waals surface area contributed by atoms with Gasteiger partial charge in [-0.25, -0.2) is 4.21 Å². The lowest BCUT2D eigenvalue weighted by Gasteiger charge is -2.58. The van der Waals surface area contributed by atoms with Gasteiger partial charge in [-0.2, -0.15) is 0 Å². The first-order valence-corrected chi connectivity index (χ1v) is 3.95. The van der Waals surface area contributed by atoms with Crippen LogP contribution >= 0.6 is 0 Å². The molecule has 0 aromatic carbocycles. The number of rotatable bonds is 1. The first kappa shape index (κ1) is 4.94. The summed E-state index contributed by atoms with van der Waals surface area (Å²) in [5.74, 6) is 0.811. The van der Waals surface area contributed by atoms with E-state index in [9.17, 15) is 4.21 Å². The average molecular weight is 132 g/mol. The summed E-state index contributed by atoms with van der Waals surface area (Å²) in [6.45, 7) is 0. The minimum absolute atomic E-state index is 0.106. The summed E-state index contributed by atoms with van der Waals surface area (Å²) in [5.41, 5.74) is 0. The van der Waals surface area contributed by atoms with Crippen molar-refractivity contribution in [2.75, 3.05) is 0 Å². The highest BCUT2D eigenvalue weighted by Gasteiger charge is 2.60. The fourth-order valence-electron chi connectivity index (χ4n) is 1.61. The zero-order chi connectivity index (χ0) is 5.78. The second-order valence-corrected chi connectivity index (χ2v) is 4.27. The third kappa shape index (κ3) is 0.358. The highest BCUT2D eigenvalue weighted by molar-refractivity contribution is 7.81. The first-order chi connectivity index (χ1) is 3.73. The Kier molecular flexibility index (Phi) is 0.718. The third-order valence-electron chi connectivity index (χ3n) is 2.35. The molecule has 8 heavy (non-hydrogen) atoms. The predicted octanol–water partition coefficient (Wildman–Crippen LogP) is 0.761. The Morgan fingerprint density at radius 3 is 2.00 bits per heavy atom. The van der Waals surface area contributed by atoms with Gasteiger partial charge in [-0.1, -0.05) is 0 Å². The van der Waals surface area contributed by atoms with Crippen LogP contribution in [0.2, 0.25) is 0 Å². The topological polar surface area (TPSA) is 37.3 Å². The van der Waals surface area contributed by atoms with E-state index in [-0.39, 0.29) is 4.75 Å². The minimum atomic E-state index is -1.52. The van der Waals surface area contributed by atoms with Gasteiger partial charge in [-0.15, -0.1) is 0 Å². The molecule has 3 fully saturated rings. The van der Waals surface area contributed by atoms with Gasteiger partial charge in [0.2, 0.25) is 0 Å². The van der Waals surface area contributed by atoms with Gasteiger partial charge in [0.25, 0.3) is 0 Å². The summed E-state index contributed by atoms with van der Waals surface area (Å²) in [4.78, 5) is 0. The monoisotopic (exact) mass is 132 g/mol.